The Bertz CT molecular complexity index is 961. The average molecular weight is 336 g/mol. The monoisotopic (exact) mass is 336 g/mol. The first-order chi connectivity index (χ1) is 12.1. The Labute approximate surface area is 145 Å². The number of hydrogen-bond donors (Lipinski definition) is 2. The molecule has 3 aromatic rings. The van der Waals surface area contributed by atoms with Crippen LogP contribution in [-0.2, 0) is 6.42 Å². The molecule has 1 aliphatic rings. The topological polar surface area (TPSA) is 77.5 Å². The van der Waals surface area contributed by atoms with Crippen LogP contribution >= 0.6 is 0 Å². The maximum Gasteiger partial charge on any atom is 0.287 e. The molecule has 1 heterocycles. The first kappa shape index (κ1) is 15.7. The molecule has 3 N–H and O–H groups in total. The van der Waals surface area contributed by atoms with Crippen molar-refractivity contribution >= 4 is 16.9 Å². The second-order valence-electron chi connectivity index (χ2n) is 6.43. The SMILES string of the molecule is COc1ccc2c(C)c(C(=O)NC3Cc4ccccc4C3N)oc2c1. The Morgan fingerprint density at radius 2 is 2.08 bits per heavy atom. The third kappa shape index (κ3) is 2.57. The second kappa shape index (κ2) is 5.93. The summed E-state index contributed by atoms with van der Waals surface area (Å²) in [6.45, 7) is 1.89. The molecule has 0 spiro atoms. The van der Waals surface area contributed by atoms with E-state index in [0.717, 1.165) is 22.9 Å². The Hall–Kier alpha value is -2.79. The van der Waals surface area contributed by atoms with Crippen LogP contribution in [0.2, 0.25) is 0 Å². The lowest BCUT2D eigenvalue weighted by molar-refractivity contribution is 0.0906. The maximum absolute atomic E-state index is 12.8. The highest BCUT2D eigenvalue weighted by molar-refractivity contribution is 5.99. The first-order valence-corrected chi connectivity index (χ1v) is 8.30. The molecule has 5 nitrogen and oxygen atoms in total. The number of nitrogens with one attached hydrogen (secondary N) is 1. The van der Waals surface area contributed by atoms with Crippen molar-refractivity contribution < 1.29 is 13.9 Å². The van der Waals surface area contributed by atoms with Crippen molar-refractivity contribution in [3.05, 3.63) is 64.9 Å². The van der Waals surface area contributed by atoms with Gasteiger partial charge in [0, 0.05) is 17.0 Å². The highest BCUT2D eigenvalue weighted by atomic mass is 16.5. The quantitative estimate of drug-likeness (QED) is 0.770. The molecule has 128 valence electrons. The smallest absolute Gasteiger partial charge is 0.287 e. The summed E-state index contributed by atoms with van der Waals surface area (Å²) in [4.78, 5) is 12.8. The van der Waals surface area contributed by atoms with Crippen LogP contribution in [0.5, 0.6) is 5.75 Å². The second-order valence-corrected chi connectivity index (χ2v) is 6.43. The van der Waals surface area contributed by atoms with Crippen LogP contribution in [0.4, 0.5) is 0 Å². The molecule has 1 aliphatic carbocycles. The van der Waals surface area contributed by atoms with Gasteiger partial charge in [0.15, 0.2) is 5.76 Å². The Kier molecular flexibility index (Phi) is 3.73. The molecule has 0 fully saturated rings. The van der Waals surface area contributed by atoms with Gasteiger partial charge in [-0.1, -0.05) is 24.3 Å². The van der Waals surface area contributed by atoms with Crippen LogP contribution < -0.4 is 15.8 Å². The lowest BCUT2D eigenvalue weighted by Crippen LogP contribution is -2.40. The van der Waals surface area contributed by atoms with Crippen molar-refractivity contribution in [2.45, 2.75) is 25.4 Å². The fourth-order valence-electron chi connectivity index (χ4n) is 3.55. The predicted octanol–water partition coefficient (Wildman–Crippen LogP) is 3.10. The summed E-state index contributed by atoms with van der Waals surface area (Å²) in [6, 6.07) is 13.3. The fraction of sp³-hybridized carbons (Fsp3) is 0.250. The average Bonchev–Trinajstić information content (AvgIpc) is 3.12. The Balaban J connectivity index is 1.60. The molecular formula is C20H20N2O3. The predicted molar refractivity (Wildman–Crippen MR) is 95.8 cm³/mol. The zero-order chi connectivity index (χ0) is 17.6. The van der Waals surface area contributed by atoms with Crippen LogP contribution in [0.25, 0.3) is 11.0 Å². The van der Waals surface area contributed by atoms with Gasteiger partial charge in [-0.3, -0.25) is 4.79 Å². The van der Waals surface area contributed by atoms with E-state index >= 15 is 0 Å². The van der Waals surface area contributed by atoms with E-state index in [1.54, 1.807) is 13.2 Å². The van der Waals surface area contributed by atoms with E-state index in [2.05, 4.69) is 11.4 Å². The number of carbonyl (C=O) groups is 1. The van der Waals surface area contributed by atoms with Gasteiger partial charge in [-0.25, -0.2) is 0 Å². The lowest BCUT2D eigenvalue weighted by atomic mass is 10.1. The van der Waals surface area contributed by atoms with Crippen LogP contribution in [-0.4, -0.2) is 19.1 Å². The number of ether oxygens (including phenoxy) is 1. The zero-order valence-electron chi connectivity index (χ0n) is 14.2. The number of furan rings is 1. The number of fused-ring (bicyclic) bond motifs is 2. The van der Waals surface area contributed by atoms with Gasteiger partial charge in [0.1, 0.15) is 11.3 Å². The van der Waals surface area contributed by atoms with Gasteiger partial charge in [0.25, 0.3) is 5.91 Å². The van der Waals surface area contributed by atoms with Gasteiger partial charge in [0.2, 0.25) is 0 Å². The molecule has 25 heavy (non-hydrogen) atoms. The lowest BCUT2D eigenvalue weighted by Gasteiger charge is -2.17. The van der Waals surface area contributed by atoms with E-state index in [1.165, 1.54) is 5.56 Å². The third-order valence-electron chi connectivity index (χ3n) is 4.96. The number of benzene rings is 2. The van der Waals surface area contributed by atoms with E-state index < -0.39 is 0 Å². The molecule has 0 saturated carbocycles. The van der Waals surface area contributed by atoms with E-state index in [1.807, 2.05) is 37.3 Å². The van der Waals surface area contributed by atoms with E-state index in [0.29, 0.717) is 17.1 Å². The number of methoxy groups -OCH3 is 1. The van der Waals surface area contributed by atoms with Gasteiger partial charge in [-0.2, -0.15) is 0 Å². The molecule has 0 bridgehead atoms. The minimum atomic E-state index is -0.235. The minimum Gasteiger partial charge on any atom is -0.497 e. The van der Waals surface area contributed by atoms with Crippen molar-refractivity contribution in [2.75, 3.05) is 7.11 Å². The standard InChI is InChI=1S/C20H20N2O3/c1-11-14-8-7-13(24-2)10-17(14)25-19(11)20(23)22-16-9-12-5-3-4-6-15(12)18(16)21/h3-8,10,16,18H,9,21H2,1-2H3,(H,22,23). The molecule has 1 amide bonds. The van der Waals surface area contributed by atoms with Gasteiger partial charge < -0.3 is 20.2 Å². The van der Waals surface area contributed by atoms with E-state index in [9.17, 15) is 4.79 Å². The highest BCUT2D eigenvalue weighted by Crippen LogP contribution is 2.31. The molecule has 2 atom stereocenters. The Morgan fingerprint density at radius 3 is 2.84 bits per heavy atom. The molecule has 2 unspecified atom stereocenters. The number of nitrogens with two attached hydrogens (primary N) is 1. The van der Waals surface area contributed by atoms with Gasteiger partial charge in [-0.05, 0) is 36.6 Å². The number of rotatable bonds is 3. The van der Waals surface area contributed by atoms with Crippen LogP contribution in [0.1, 0.15) is 33.3 Å². The molecule has 4 rings (SSSR count). The fourth-order valence-corrected chi connectivity index (χ4v) is 3.55. The summed E-state index contributed by atoms with van der Waals surface area (Å²) in [5.41, 5.74) is 10.0. The van der Waals surface area contributed by atoms with Crippen molar-refractivity contribution in [1.29, 1.82) is 0 Å². The van der Waals surface area contributed by atoms with Crippen molar-refractivity contribution in [3.63, 3.8) is 0 Å². The maximum atomic E-state index is 12.8. The molecule has 0 saturated heterocycles. The highest BCUT2D eigenvalue weighted by Gasteiger charge is 2.31. The summed E-state index contributed by atoms with van der Waals surface area (Å²) in [5, 5.41) is 3.94. The molecule has 0 radical (unpaired) electrons. The van der Waals surface area contributed by atoms with Crippen LogP contribution in [0.3, 0.4) is 0 Å². The molecule has 0 aliphatic heterocycles. The molecule has 2 aromatic carbocycles. The van der Waals surface area contributed by atoms with Crippen LogP contribution in [0.15, 0.2) is 46.9 Å². The number of carbonyl (C=O) groups excluding carboxylic acids is 1. The first-order valence-electron chi connectivity index (χ1n) is 8.30. The van der Waals surface area contributed by atoms with E-state index in [4.69, 9.17) is 14.9 Å². The summed E-state index contributed by atoms with van der Waals surface area (Å²) < 4.78 is 11.0. The zero-order valence-corrected chi connectivity index (χ0v) is 14.2. The largest absolute Gasteiger partial charge is 0.497 e. The third-order valence-corrected chi connectivity index (χ3v) is 4.96. The molecule has 5 heteroatoms. The Morgan fingerprint density at radius 1 is 1.28 bits per heavy atom. The summed E-state index contributed by atoms with van der Waals surface area (Å²) in [5.74, 6) is 0.786. The van der Waals surface area contributed by atoms with Gasteiger partial charge in [0.05, 0.1) is 19.2 Å². The summed E-state index contributed by atoms with van der Waals surface area (Å²) in [7, 11) is 1.60. The van der Waals surface area contributed by atoms with Crippen LogP contribution in [0, 0.1) is 6.92 Å². The minimum absolute atomic E-state index is 0.132. The van der Waals surface area contributed by atoms with Crippen molar-refractivity contribution in [1.82, 2.24) is 5.32 Å². The van der Waals surface area contributed by atoms with E-state index in [-0.39, 0.29) is 18.0 Å². The summed E-state index contributed by atoms with van der Waals surface area (Å²) in [6.07, 6.45) is 0.732. The number of aryl methyl sites for hydroxylation is 1. The summed E-state index contributed by atoms with van der Waals surface area (Å²) >= 11 is 0. The van der Waals surface area contributed by atoms with Gasteiger partial charge >= 0.3 is 0 Å². The molecular weight excluding hydrogens is 316 g/mol. The van der Waals surface area contributed by atoms with Gasteiger partial charge in [-0.15, -0.1) is 0 Å². The number of hydrogen-bond acceptors (Lipinski definition) is 4. The normalized spacial score (nSPS) is 19.0. The van der Waals surface area contributed by atoms with Crippen molar-refractivity contribution in [2.24, 2.45) is 5.73 Å². The number of amides is 1. The molecule has 1 aromatic heterocycles. The van der Waals surface area contributed by atoms with Crippen molar-refractivity contribution in [3.8, 4) is 5.75 Å².